The van der Waals surface area contributed by atoms with Crippen molar-refractivity contribution in [3.63, 3.8) is 0 Å². The van der Waals surface area contributed by atoms with E-state index < -0.39 is 0 Å². The van der Waals surface area contributed by atoms with Crippen molar-refractivity contribution in [2.45, 2.75) is 13.8 Å². The standard InChI is InChI=1S/C22H29N5O/c1-18(2)16-23-22(28)20-15-21(25-17-24-20)27-13-11-26(12-14-27)10-6-9-19-7-4-3-5-8-19/h3-9,15,17-18H,10-14,16H2,1-2H3,(H,23,28)/b9-6+. The molecule has 1 N–H and O–H groups in total. The van der Waals surface area contributed by atoms with Gasteiger partial charge in [0.25, 0.3) is 5.91 Å². The third-order valence-electron chi connectivity index (χ3n) is 4.73. The van der Waals surface area contributed by atoms with Gasteiger partial charge in [-0.3, -0.25) is 9.69 Å². The fourth-order valence-electron chi connectivity index (χ4n) is 3.09. The minimum Gasteiger partial charge on any atom is -0.354 e. The Morgan fingerprint density at radius 3 is 2.61 bits per heavy atom. The minimum atomic E-state index is -0.137. The molecule has 2 aromatic rings. The Balaban J connectivity index is 1.50. The van der Waals surface area contributed by atoms with Gasteiger partial charge in [0, 0.05) is 45.3 Å². The van der Waals surface area contributed by atoms with Gasteiger partial charge in [0.1, 0.15) is 17.8 Å². The van der Waals surface area contributed by atoms with Crippen molar-refractivity contribution >= 4 is 17.8 Å². The number of carbonyl (C=O) groups excluding carboxylic acids is 1. The SMILES string of the molecule is CC(C)CNC(=O)c1cc(N2CCN(C/C=C/c3ccccc3)CC2)ncn1. The molecule has 0 bridgehead atoms. The Morgan fingerprint density at radius 2 is 1.89 bits per heavy atom. The molecule has 6 nitrogen and oxygen atoms in total. The van der Waals surface area contributed by atoms with Crippen molar-refractivity contribution in [3.8, 4) is 0 Å². The number of rotatable bonds is 7. The normalized spacial score (nSPS) is 15.3. The Morgan fingerprint density at radius 1 is 1.14 bits per heavy atom. The van der Waals surface area contributed by atoms with Crippen LogP contribution in [0.15, 0.2) is 48.8 Å². The average Bonchev–Trinajstić information content (AvgIpc) is 2.73. The van der Waals surface area contributed by atoms with Crippen LogP contribution in [0.4, 0.5) is 5.82 Å². The summed E-state index contributed by atoms with van der Waals surface area (Å²) >= 11 is 0. The van der Waals surface area contributed by atoms with Gasteiger partial charge in [0.05, 0.1) is 0 Å². The van der Waals surface area contributed by atoms with Gasteiger partial charge >= 0.3 is 0 Å². The molecular formula is C22H29N5O. The highest BCUT2D eigenvalue weighted by Crippen LogP contribution is 2.14. The molecule has 0 unspecified atom stereocenters. The number of hydrogen-bond donors (Lipinski definition) is 1. The van der Waals surface area contributed by atoms with Gasteiger partial charge in [-0.25, -0.2) is 9.97 Å². The van der Waals surface area contributed by atoms with Crippen LogP contribution in [0.5, 0.6) is 0 Å². The van der Waals surface area contributed by atoms with Crippen LogP contribution in [-0.4, -0.2) is 60.0 Å². The Hall–Kier alpha value is -2.73. The number of piperazine rings is 1. The summed E-state index contributed by atoms with van der Waals surface area (Å²) in [6.45, 7) is 9.45. The van der Waals surface area contributed by atoms with Crippen molar-refractivity contribution in [2.24, 2.45) is 5.92 Å². The molecule has 0 atom stereocenters. The first-order valence-electron chi connectivity index (χ1n) is 9.91. The zero-order valence-corrected chi connectivity index (χ0v) is 16.7. The van der Waals surface area contributed by atoms with Gasteiger partial charge in [0.15, 0.2) is 0 Å². The summed E-state index contributed by atoms with van der Waals surface area (Å²) in [7, 11) is 0. The second-order valence-corrected chi connectivity index (χ2v) is 7.47. The molecule has 1 amide bonds. The summed E-state index contributed by atoms with van der Waals surface area (Å²) < 4.78 is 0. The number of benzene rings is 1. The van der Waals surface area contributed by atoms with Gasteiger partial charge in [0.2, 0.25) is 0 Å². The molecule has 1 fully saturated rings. The lowest BCUT2D eigenvalue weighted by atomic mass is 10.2. The van der Waals surface area contributed by atoms with Crippen molar-refractivity contribution in [1.82, 2.24) is 20.2 Å². The van der Waals surface area contributed by atoms with Gasteiger partial charge in [-0.2, -0.15) is 0 Å². The zero-order chi connectivity index (χ0) is 19.8. The molecule has 0 spiro atoms. The Labute approximate surface area is 167 Å². The fourth-order valence-corrected chi connectivity index (χ4v) is 3.09. The molecule has 3 rings (SSSR count). The minimum absolute atomic E-state index is 0.137. The maximum Gasteiger partial charge on any atom is 0.270 e. The summed E-state index contributed by atoms with van der Waals surface area (Å²) in [6.07, 6.45) is 5.86. The number of hydrogen-bond acceptors (Lipinski definition) is 5. The molecule has 1 aromatic heterocycles. The predicted octanol–water partition coefficient (Wildman–Crippen LogP) is 2.70. The molecule has 0 radical (unpaired) electrons. The first-order valence-corrected chi connectivity index (χ1v) is 9.91. The Bertz CT molecular complexity index is 783. The van der Waals surface area contributed by atoms with Crippen LogP contribution in [0, 0.1) is 5.92 Å². The first kappa shape index (κ1) is 20.0. The van der Waals surface area contributed by atoms with Crippen LogP contribution in [0.2, 0.25) is 0 Å². The largest absolute Gasteiger partial charge is 0.354 e. The van der Waals surface area contributed by atoms with E-state index in [1.165, 1.54) is 11.9 Å². The quantitative estimate of drug-likeness (QED) is 0.801. The maximum atomic E-state index is 12.2. The van der Waals surface area contributed by atoms with Crippen LogP contribution >= 0.6 is 0 Å². The summed E-state index contributed by atoms with van der Waals surface area (Å²) in [5.74, 6) is 1.10. The molecular weight excluding hydrogens is 350 g/mol. The van der Waals surface area contributed by atoms with E-state index in [4.69, 9.17) is 0 Å². The van der Waals surface area contributed by atoms with Crippen molar-refractivity contribution < 1.29 is 4.79 Å². The number of anilines is 1. The van der Waals surface area contributed by atoms with Crippen LogP contribution < -0.4 is 10.2 Å². The van der Waals surface area contributed by atoms with Gasteiger partial charge in [-0.15, -0.1) is 0 Å². The fraction of sp³-hybridized carbons (Fsp3) is 0.409. The van der Waals surface area contributed by atoms with Crippen LogP contribution in [-0.2, 0) is 0 Å². The highest BCUT2D eigenvalue weighted by atomic mass is 16.1. The smallest absolute Gasteiger partial charge is 0.270 e. The highest BCUT2D eigenvalue weighted by Gasteiger charge is 2.18. The zero-order valence-electron chi connectivity index (χ0n) is 16.7. The van der Waals surface area contributed by atoms with Gasteiger partial charge in [-0.1, -0.05) is 56.3 Å². The molecule has 1 aliphatic rings. The number of carbonyl (C=O) groups is 1. The molecule has 2 heterocycles. The number of amides is 1. The van der Waals surface area contributed by atoms with E-state index in [9.17, 15) is 4.79 Å². The molecule has 1 aromatic carbocycles. The second kappa shape index (κ2) is 9.99. The van der Waals surface area contributed by atoms with Gasteiger partial charge < -0.3 is 10.2 Å². The van der Waals surface area contributed by atoms with E-state index in [1.807, 2.05) is 6.07 Å². The summed E-state index contributed by atoms with van der Waals surface area (Å²) in [6, 6.07) is 12.1. The topological polar surface area (TPSA) is 61.4 Å². The first-order chi connectivity index (χ1) is 13.6. The molecule has 148 valence electrons. The predicted molar refractivity (Wildman–Crippen MR) is 113 cm³/mol. The van der Waals surface area contributed by atoms with Crippen molar-refractivity contribution in [2.75, 3.05) is 44.2 Å². The molecule has 1 saturated heterocycles. The van der Waals surface area contributed by atoms with Crippen LogP contribution in [0.25, 0.3) is 6.08 Å². The maximum absolute atomic E-state index is 12.2. The number of nitrogens with zero attached hydrogens (tertiary/aromatic N) is 4. The lowest BCUT2D eigenvalue weighted by Crippen LogP contribution is -2.46. The van der Waals surface area contributed by atoms with E-state index in [0.717, 1.165) is 38.5 Å². The second-order valence-electron chi connectivity index (χ2n) is 7.47. The molecule has 6 heteroatoms. The highest BCUT2D eigenvalue weighted by molar-refractivity contribution is 5.92. The summed E-state index contributed by atoms with van der Waals surface area (Å²) in [5.41, 5.74) is 1.66. The van der Waals surface area contributed by atoms with Crippen LogP contribution in [0.3, 0.4) is 0 Å². The monoisotopic (exact) mass is 379 g/mol. The van der Waals surface area contributed by atoms with E-state index in [1.54, 1.807) is 6.07 Å². The summed E-state index contributed by atoms with van der Waals surface area (Å²) in [4.78, 5) is 25.4. The van der Waals surface area contributed by atoms with E-state index >= 15 is 0 Å². The van der Waals surface area contributed by atoms with E-state index in [2.05, 4.69) is 75.3 Å². The molecule has 28 heavy (non-hydrogen) atoms. The molecule has 0 saturated carbocycles. The molecule has 1 aliphatic heterocycles. The summed E-state index contributed by atoms with van der Waals surface area (Å²) in [5, 5.41) is 2.91. The van der Waals surface area contributed by atoms with E-state index in [-0.39, 0.29) is 5.91 Å². The Kier molecular flexibility index (Phi) is 7.14. The third-order valence-corrected chi connectivity index (χ3v) is 4.73. The third kappa shape index (κ3) is 5.89. The number of nitrogens with one attached hydrogen (secondary N) is 1. The van der Waals surface area contributed by atoms with E-state index in [0.29, 0.717) is 18.2 Å². The number of aromatic nitrogens is 2. The van der Waals surface area contributed by atoms with Gasteiger partial charge in [-0.05, 0) is 11.5 Å². The average molecular weight is 380 g/mol. The van der Waals surface area contributed by atoms with Crippen LogP contribution in [0.1, 0.15) is 29.9 Å². The lowest BCUT2D eigenvalue weighted by Gasteiger charge is -2.34. The van der Waals surface area contributed by atoms with Crippen molar-refractivity contribution in [1.29, 1.82) is 0 Å². The molecule has 0 aliphatic carbocycles. The lowest BCUT2D eigenvalue weighted by molar-refractivity contribution is 0.0944. The van der Waals surface area contributed by atoms with Crippen molar-refractivity contribution in [3.05, 3.63) is 60.1 Å².